The molecule has 2 aromatic rings. The number of fused-ring (bicyclic) bond motifs is 1. The van der Waals surface area contributed by atoms with Gasteiger partial charge in [-0.1, -0.05) is 0 Å². The van der Waals surface area contributed by atoms with Gasteiger partial charge in [0, 0.05) is 35.2 Å². The van der Waals surface area contributed by atoms with E-state index in [1.807, 2.05) is 35.1 Å². The molecule has 0 aromatic carbocycles. The normalized spacial score (nSPS) is 16.9. The van der Waals surface area contributed by atoms with Gasteiger partial charge in [0.15, 0.2) is 0 Å². The van der Waals surface area contributed by atoms with Gasteiger partial charge in [0.1, 0.15) is 11.5 Å². The van der Waals surface area contributed by atoms with Crippen molar-refractivity contribution in [3.8, 4) is 0 Å². The maximum absolute atomic E-state index is 7.04. The molecule has 2 aromatic heterocycles. The second kappa shape index (κ2) is 4.89. The molecule has 3 heterocycles. The lowest BCUT2D eigenvalue weighted by molar-refractivity contribution is 0.794. The fraction of sp³-hybridized carbons (Fsp3) is 0.0769. The standard InChI is InChI=1S/C13H12BrN5/c14-10-1-2-13-18-7-11(19(13)8-10)9-5-16-12(3-4-15)17-6-9/h1-5,7-8,15-17H,6H2/b12-3+,15-4?. The molecule has 0 amide bonds. The summed E-state index contributed by atoms with van der Waals surface area (Å²) in [6, 6.07) is 3.95. The molecule has 5 nitrogen and oxygen atoms in total. The number of nitrogens with one attached hydrogen (secondary N) is 3. The summed E-state index contributed by atoms with van der Waals surface area (Å²) in [4.78, 5) is 4.39. The number of halogens is 1. The number of aromatic nitrogens is 2. The van der Waals surface area contributed by atoms with Crippen molar-refractivity contribution in [3.05, 3.63) is 52.8 Å². The molecule has 0 radical (unpaired) electrons. The maximum atomic E-state index is 7.04. The van der Waals surface area contributed by atoms with E-state index in [9.17, 15) is 0 Å². The van der Waals surface area contributed by atoms with Gasteiger partial charge in [-0.05, 0) is 34.1 Å². The zero-order chi connectivity index (χ0) is 13.2. The maximum Gasteiger partial charge on any atom is 0.137 e. The Morgan fingerprint density at radius 2 is 2.32 bits per heavy atom. The van der Waals surface area contributed by atoms with Gasteiger partial charge in [0.05, 0.1) is 11.9 Å². The van der Waals surface area contributed by atoms with Gasteiger partial charge in [-0.25, -0.2) is 4.98 Å². The lowest BCUT2D eigenvalue weighted by Crippen LogP contribution is -2.30. The number of pyridine rings is 1. The number of imidazole rings is 1. The Balaban J connectivity index is 1.99. The summed E-state index contributed by atoms with van der Waals surface area (Å²) in [5, 5.41) is 13.4. The summed E-state index contributed by atoms with van der Waals surface area (Å²) < 4.78 is 3.06. The first-order chi connectivity index (χ1) is 9.28. The quantitative estimate of drug-likeness (QED) is 0.743. The molecule has 0 aliphatic carbocycles. The van der Waals surface area contributed by atoms with Gasteiger partial charge < -0.3 is 16.0 Å². The van der Waals surface area contributed by atoms with E-state index in [-0.39, 0.29) is 0 Å². The van der Waals surface area contributed by atoms with Crippen LogP contribution in [0.25, 0.3) is 11.2 Å². The van der Waals surface area contributed by atoms with E-state index in [0.717, 1.165) is 27.2 Å². The molecule has 3 rings (SSSR count). The number of rotatable bonds is 2. The van der Waals surface area contributed by atoms with Crippen LogP contribution in [0.2, 0.25) is 0 Å². The first-order valence-corrected chi connectivity index (χ1v) is 6.60. The van der Waals surface area contributed by atoms with E-state index in [1.54, 1.807) is 6.08 Å². The van der Waals surface area contributed by atoms with E-state index in [1.165, 1.54) is 6.21 Å². The molecule has 0 fully saturated rings. The van der Waals surface area contributed by atoms with Crippen LogP contribution in [0.4, 0.5) is 0 Å². The summed E-state index contributed by atoms with van der Waals surface area (Å²) in [7, 11) is 0. The Kier molecular flexibility index (Phi) is 3.08. The van der Waals surface area contributed by atoms with Gasteiger partial charge >= 0.3 is 0 Å². The predicted octanol–water partition coefficient (Wildman–Crippen LogP) is 2.12. The van der Waals surface area contributed by atoms with Crippen LogP contribution >= 0.6 is 15.9 Å². The average Bonchev–Trinajstić information content (AvgIpc) is 2.83. The largest absolute Gasteiger partial charge is 0.367 e. The van der Waals surface area contributed by atoms with Gasteiger partial charge in [0.25, 0.3) is 0 Å². The van der Waals surface area contributed by atoms with Crippen molar-refractivity contribution >= 4 is 33.4 Å². The first kappa shape index (κ1) is 12.0. The van der Waals surface area contributed by atoms with Crippen LogP contribution in [-0.2, 0) is 0 Å². The SMILES string of the molecule is N=C/C=C1\NC=C(c2cnc3ccc(Br)cn23)CN1. The Morgan fingerprint density at radius 3 is 3.05 bits per heavy atom. The van der Waals surface area contributed by atoms with Crippen LogP contribution in [0, 0.1) is 5.41 Å². The molecular formula is C13H12BrN5. The lowest BCUT2D eigenvalue weighted by atomic mass is 10.2. The summed E-state index contributed by atoms with van der Waals surface area (Å²) >= 11 is 3.47. The van der Waals surface area contributed by atoms with Crippen molar-refractivity contribution in [2.75, 3.05) is 6.54 Å². The predicted molar refractivity (Wildman–Crippen MR) is 78.9 cm³/mol. The number of hydrogen-bond acceptors (Lipinski definition) is 4. The van der Waals surface area contributed by atoms with Crippen molar-refractivity contribution in [3.63, 3.8) is 0 Å². The van der Waals surface area contributed by atoms with Crippen LogP contribution < -0.4 is 10.6 Å². The molecule has 0 unspecified atom stereocenters. The number of allylic oxidation sites excluding steroid dienone is 1. The molecule has 0 spiro atoms. The highest BCUT2D eigenvalue weighted by atomic mass is 79.9. The third-order valence-corrected chi connectivity index (χ3v) is 3.39. The molecule has 0 saturated heterocycles. The minimum absolute atomic E-state index is 0.701. The van der Waals surface area contributed by atoms with E-state index >= 15 is 0 Å². The summed E-state index contributed by atoms with van der Waals surface area (Å²) in [6.45, 7) is 0.701. The van der Waals surface area contributed by atoms with E-state index in [0.29, 0.717) is 6.54 Å². The number of hydrogen-bond donors (Lipinski definition) is 3. The highest BCUT2D eigenvalue weighted by molar-refractivity contribution is 9.10. The summed E-state index contributed by atoms with van der Waals surface area (Å²) in [5.74, 6) is 0.828. The summed E-state index contributed by atoms with van der Waals surface area (Å²) in [6.07, 6.45) is 8.73. The minimum atomic E-state index is 0.701. The molecule has 0 saturated carbocycles. The Morgan fingerprint density at radius 1 is 1.42 bits per heavy atom. The fourth-order valence-electron chi connectivity index (χ4n) is 2.00. The molecule has 0 atom stereocenters. The molecule has 6 heteroatoms. The molecule has 1 aliphatic rings. The lowest BCUT2D eigenvalue weighted by Gasteiger charge is -2.19. The van der Waals surface area contributed by atoms with Gasteiger partial charge in [-0.3, -0.25) is 4.40 Å². The molecule has 19 heavy (non-hydrogen) atoms. The highest BCUT2D eigenvalue weighted by Crippen LogP contribution is 2.20. The van der Waals surface area contributed by atoms with Crippen molar-refractivity contribution in [2.45, 2.75) is 0 Å². The Labute approximate surface area is 118 Å². The first-order valence-electron chi connectivity index (χ1n) is 5.81. The second-order valence-corrected chi connectivity index (χ2v) is 5.05. The van der Waals surface area contributed by atoms with Crippen LogP contribution in [0.3, 0.4) is 0 Å². The fourth-order valence-corrected chi connectivity index (χ4v) is 2.34. The monoisotopic (exact) mass is 317 g/mol. The minimum Gasteiger partial charge on any atom is -0.367 e. The molecular weight excluding hydrogens is 306 g/mol. The Bertz CT molecular complexity index is 698. The van der Waals surface area contributed by atoms with E-state index in [2.05, 4.69) is 31.5 Å². The van der Waals surface area contributed by atoms with Crippen LogP contribution in [0.15, 0.2) is 47.1 Å². The third-order valence-electron chi connectivity index (χ3n) is 2.92. The van der Waals surface area contributed by atoms with Crippen LogP contribution in [0.5, 0.6) is 0 Å². The van der Waals surface area contributed by atoms with Gasteiger partial charge in [-0.2, -0.15) is 0 Å². The van der Waals surface area contributed by atoms with Crippen molar-refractivity contribution in [1.29, 1.82) is 5.41 Å². The van der Waals surface area contributed by atoms with Gasteiger partial charge in [-0.15, -0.1) is 0 Å². The highest BCUT2D eigenvalue weighted by Gasteiger charge is 2.12. The smallest absolute Gasteiger partial charge is 0.137 e. The summed E-state index contributed by atoms with van der Waals surface area (Å²) in [5.41, 5.74) is 3.08. The second-order valence-electron chi connectivity index (χ2n) is 4.13. The average molecular weight is 318 g/mol. The van der Waals surface area contributed by atoms with Crippen molar-refractivity contribution in [1.82, 2.24) is 20.0 Å². The third kappa shape index (κ3) is 2.26. The zero-order valence-electron chi connectivity index (χ0n) is 10.0. The van der Waals surface area contributed by atoms with Crippen LogP contribution in [-0.4, -0.2) is 22.1 Å². The number of nitrogens with zero attached hydrogens (tertiary/aromatic N) is 2. The molecule has 96 valence electrons. The molecule has 3 N–H and O–H groups in total. The zero-order valence-corrected chi connectivity index (χ0v) is 11.6. The van der Waals surface area contributed by atoms with Crippen molar-refractivity contribution < 1.29 is 0 Å². The van der Waals surface area contributed by atoms with E-state index in [4.69, 9.17) is 5.41 Å². The molecule has 1 aliphatic heterocycles. The topological polar surface area (TPSA) is 65.2 Å². The Hall–Kier alpha value is -2.08. The van der Waals surface area contributed by atoms with Crippen LogP contribution in [0.1, 0.15) is 5.69 Å². The van der Waals surface area contributed by atoms with Gasteiger partial charge in [0.2, 0.25) is 0 Å². The molecule has 0 bridgehead atoms. The van der Waals surface area contributed by atoms with Crippen molar-refractivity contribution in [2.24, 2.45) is 0 Å². The van der Waals surface area contributed by atoms with E-state index < -0.39 is 0 Å².